The molecular formula is C19H26ClF3N2O6. The third-order valence-electron chi connectivity index (χ3n) is 5.00. The first-order valence-corrected chi connectivity index (χ1v) is 9.85. The lowest BCUT2D eigenvalue weighted by molar-refractivity contribution is -0.192. The molecule has 1 saturated heterocycles. The van der Waals surface area contributed by atoms with Crippen LogP contribution in [-0.4, -0.2) is 69.2 Å². The van der Waals surface area contributed by atoms with Gasteiger partial charge in [0.25, 0.3) is 5.91 Å². The van der Waals surface area contributed by atoms with Crippen molar-refractivity contribution < 1.29 is 43.2 Å². The SMILES string of the molecule is CCc1cc(O)c([C@H](N)C2CCN(C(=O)[C@H](O)CO)CC2)cc1Cl.O=C(O)C(F)(F)F. The van der Waals surface area contributed by atoms with Gasteiger partial charge in [-0.1, -0.05) is 18.5 Å². The average Bonchev–Trinajstić information content (AvgIpc) is 2.73. The molecule has 8 nitrogen and oxygen atoms in total. The van der Waals surface area contributed by atoms with Crippen molar-refractivity contribution in [2.75, 3.05) is 19.7 Å². The van der Waals surface area contributed by atoms with E-state index in [-0.39, 0.29) is 17.7 Å². The van der Waals surface area contributed by atoms with E-state index in [0.29, 0.717) is 36.5 Å². The number of carbonyl (C=O) groups is 2. The summed E-state index contributed by atoms with van der Waals surface area (Å²) in [6.07, 6.45) is -4.38. The van der Waals surface area contributed by atoms with Crippen LogP contribution >= 0.6 is 11.6 Å². The Labute approximate surface area is 182 Å². The Morgan fingerprint density at radius 2 is 1.81 bits per heavy atom. The maximum Gasteiger partial charge on any atom is 0.490 e. The summed E-state index contributed by atoms with van der Waals surface area (Å²) in [4.78, 5) is 22.3. The van der Waals surface area contributed by atoms with Gasteiger partial charge >= 0.3 is 12.1 Å². The Balaban J connectivity index is 0.000000592. The summed E-state index contributed by atoms with van der Waals surface area (Å²) in [5, 5.41) is 36.3. The lowest BCUT2D eigenvalue weighted by Gasteiger charge is -2.35. The van der Waals surface area contributed by atoms with Gasteiger partial charge in [-0.25, -0.2) is 4.79 Å². The molecule has 1 fully saturated rings. The number of nitrogens with two attached hydrogens (primary N) is 1. The molecule has 1 aromatic carbocycles. The number of amides is 1. The van der Waals surface area contributed by atoms with Crippen LogP contribution in [0, 0.1) is 5.92 Å². The molecule has 1 amide bonds. The normalized spacial score (nSPS) is 16.8. The van der Waals surface area contributed by atoms with Crippen LogP contribution in [0.3, 0.4) is 0 Å². The Hall–Kier alpha value is -2.08. The van der Waals surface area contributed by atoms with Gasteiger partial charge in [0, 0.05) is 29.7 Å². The van der Waals surface area contributed by atoms with E-state index < -0.39 is 30.8 Å². The number of carboxylic acids is 1. The van der Waals surface area contributed by atoms with E-state index in [1.807, 2.05) is 6.92 Å². The third kappa shape index (κ3) is 7.53. The van der Waals surface area contributed by atoms with E-state index in [0.717, 1.165) is 12.0 Å². The molecule has 2 rings (SSSR count). The highest BCUT2D eigenvalue weighted by Crippen LogP contribution is 2.36. The van der Waals surface area contributed by atoms with Crippen molar-refractivity contribution in [3.05, 3.63) is 28.3 Å². The molecule has 0 saturated carbocycles. The molecule has 31 heavy (non-hydrogen) atoms. The minimum atomic E-state index is -5.08. The van der Waals surface area contributed by atoms with Crippen molar-refractivity contribution in [1.82, 2.24) is 4.90 Å². The second-order valence-electron chi connectivity index (χ2n) is 7.05. The molecule has 176 valence electrons. The molecular weight excluding hydrogens is 445 g/mol. The molecule has 12 heteroatoms. The van der Waals surface area contributed by atoms with Gasteiger partial charge in [-0.3, -0.25) is 4.79 Å². The summed E-state index contributed by atoms with van der Waals surface area (Å²) in [7, 11) is 0. The number of rotatable bonds is 5. The quantitative estimate of drug-likeness (QED) is 0.441. The summed E-state index contributed by atoms with van der Waals surface area (Å²) in [5.74, 6) is -2.96. The van der Waals surface area contributed by atoms with Crippen LogP contribution in [0.15, 0.2) is 12.1 Å². The Morgan fingerprint density at radius 1 is 1.29 bits per heavy atom. The van der Waals surface area contributed by atoms with E-state index in [2.05, 4.69) is 0 Å². The number of aliphatic hydroxyl groups is 2. The van der Waals surface area contributed by atoms with Gasteiger partial charge in [-0.05, 0) is 42.9 Å². The molecule has 0 radical (unpaired) electrons. The number of aromatic hydroxyl groups is 1. The molecule has 1 heterocycles. The van der Waals surface area contributed by atoms with E-state index in [4.69, 9.17) is 32.3 Å². The van der Waals surface area contributed by atoms with Gasteiger partial charge in [0.2, 0.25) is 0 Å². The largest absolute Gasteiger partial charge is 0.508 e. The molecule has 1 aliphatic rings. The third-order valence-corrected chi connectivity index (χ3v) is 5.35. The summed E-state index contributed by atoms with van der Waals surface area (Å²) in [5.41, 5.74) is 7.83. The maximum atomic E-state index is 11.9. The first-order valence-electron chi connectivity index (χ1n) is 9.48. The van der Waals surface area contributed by atoms with Crippen LogP contribution in [0.2, 0.25) is 5.02 Å². The van der Waals surface area contributed by atoms with Crippen LogP contribution in [0.4, 0.5) is 13.2 Å². The zero-order valence-corrected chi connectivity index (χ0v) is 17.5. The van der Waals surface area contributed by atoms with Crippen LogP contribution in [-0.2, 0) is 16.0 Å². The number of phenols is 1. The molecule has 0 aliphatic carbocycles. The van der Waals surface area contributed by atoms with Crippen molar-refractivity contribution in [1.29, 1.82) is 0 Å². The summed E-state index contributed by atoms with van der Waals surface area (Å²) in [6.45, 7) is 2.33. The number of hydrogen-bond donors (Lipinski definition) is 5. The first kappa shape index (κ1) is 27.0. The molecule has 1 aliphatic heterocycles. The smallest absolute Gasteiger partial charge is 0.490 e. The van der Waals surface area contributed by atoms with E-state index in [1.54, 1.807) is 12.1 Å². The number of carboxylic acid groups (broad SMARTS) is 1. The monoisotopic (exact) mass is 470 g/mol. The predicted octanol–water partition coefficient (Wildman–Crippen LogP) is 1.83. The number of alkyl halides is 3. The number of carbonyl (C=O) groups excluding carboxylic acids is 1. The number of phenolic OH excluding ortho intramolecular Hbond substituents is 1. The van der Waals surface area contributed by atoms with Gasteiger partial charge in [0.05, 0.1) is 6.61 Å². The van der Waals surface area contributed by atoms with Gasteiger partial charge in [0.1, 0.15) is 5.75 Å². The van der Waals surface area contributed by atoms with Crippen LogP contribution < -0.4 is 5.73 Å². The van der Waals surface area contributed by atoms with Crippen LogP contribution in [0.5, 0.6) is 5.75 Å². The summed E-state index contributed by atoms with van der Waals surface area (Å²) < 4.78 is 31.7. The number of halogens is 4. The van der Waals surface area contributed by atoms with E-state index in [9.17, 15) is 28.2 Å². The molecule has 0 bridgehead atoms. The molecule has 0 unspecified atom stereocenters. The van der Waals surface area contributed by atoms with Crippen molar-refractivity contribution in [3.8, 4) is 5.75 Å². The van der Waals surface area contributed by atoms with Gasteiger partial charge in [0.15, 0.2) is 6.10 Å². The number of aliphatic hydroxyl groups excluding tert-OH is 2. The zero-order valence-electron chi connectivity index (χ0n) is 16.8. The minimum Gasteiger partial charge on any atom is -0.508 e. The number of aliphatic carboxylic acids is 1. The molecule has 0 spiro atoms. The van der Waals surface area contributed by atoms with Crippen molar-refractivity contribution in [3.63, 3.8) is 0 Å². The Bertz CT molecular complexity index is 770. The van der Waals surface area contributed by atoms with Gasteiger partial charge in [-0.15, -0.1) is 0 Å². The lowest BCUT2D eigenvalue weighted by atomic mass is 9.85. The Kier molecular flexibility index (Phi) is 10.0. The van der Waals surface area contributed by atoms with Gasteiger partial charge in [-0.2, -0.15) is 13.2 Å². The van der Waals surface area contributed by atoms with Crippen molar-refractivity contribution in [2.45, 2.75) is 44.5 Å². The molecule has 1 aromatic rings. The fourth-order valence-electron chi connectivity index (χ4n) is 3.18. The molecule has 2 atom stereocenters. The number of piperidine rings is 1. The standard InChI is InChI=1S/C17H25ClN2O4.C2HF3O2/c1-2-10-7-14(22)12(8-13(10)18)16(19)11-3-5-20(6-4-11)17(24)15(23)9-21;3-2(4,5)1(6)7/h7-8,11,15-16,21-23H,2-6,9,19H2,1H3;(H,6,7)/t15-,16-;/m1./s1. The summed E-state index contributed by atoms with van der Waals surface area (Å²) >= 11 is 6.23. The first-order chi connectivity index (χ1) is 14.3. The van der Waals surface area contributed by atoms with E-state index >= 15 is 0 Å². The number of benzene rings is 1. The van der Waals surface area contributed by atoms with Gasteiger partial charge < -0.3 is 31.1 Å². The number of hydrogen-bond acceptors (Lipinski definition) is 6. The fourth-order valence-corrected chi connectivity index (χ4v) is 3.49. The van der Waals surface area contributed by atoms with Crippen molar-refractivity contribution >= 4 is 23.5 Å². The average molecular weight is 471 g/mol. The van der Waals surface area contributed by atoms with Crippen LogP contribution in [0.1, 0.15) is 36.9 Å². The van der Waals surface area contributed by atoms with E-state index in [1.165, 1.54) is 4.90 Å². The molecule has 6 N–H and O–H groups in total. The van der Waals surface area contributed by atoms with Crippen LogP contribution in [0.25, 0.3) is 0 Å². The zero-order chi connectivity index (χ0) is 23.9. The lowest BCUT2D eigenvalue weighted by Crippen LogP contribution is -2.46. The minimum absolute atomic E-state index is 0.106. The predicted molar refractivity (Wildman–Crippen MR) is 106 cm³/mol. The number of likely N-dealkylation sites (tertiary alicyclic amines) is 1. The highest BCUT2D eigenvalue weighted by molar-refractivity contribution is 6.31. The number of aryl methyl sites for hydroxylation is 1. The summed E-state index contributed by atoms with van der Waals surface area (Å²) in [6, 6.07) is 3.02. The topological polar surface area (TPSA) is 144 Å². The highest BCUT2D eigenvalue weighted by atomic mass is 35.5. The maximum absolute atomic E-state index is 11.9. The second-order valence-corrected chi connectivity index (χ2v) is 7.45. The highest BCUT2D eigenvalue weighted by Gasteiger charge is 2.38. The molecule has 0 aromatic heterocycles. The Morgan fingerprint density at radius 3 is 2.23 bits per heavy atom. The van der Waals surface area contributed by atoms with Crippen molar-refractivity contribution in [2.24, 2.45) is 11.7 Å². The fraction of sp³-hybridized carbons (Fsp3) is 0.579. The number of nitrogens with zero attached hydrogens (tertiary/aromatic N) is 1. The second kappa shape index (κ2) is 11.5.